The van der Waals surface area contributed by atoms with Crippen molar-refractivity contribution >= 4 is 9.84 Å². The van der Waals surface area contributed by atoms with Gasteiger partial charge < -0.3 is 4.74 Å². The zero-order chi connectivity index (χ0) is 17.6. The lowest BCUT2D eigenvalue weighted by Crippen LogP contribution is -2.25. The van der Waals surface area contributed by atoms with Crippen LogP contribution < -0.4 is 4.74 Å². The minimum absolute atomic E-state index is 0.448. The maximum absolute atomic E-state index is 13.5. The van der Waals surface area contributed by atoms with Crippen LogP contribution in [0.4, 0.5) is 30.7 Å². The molecule has 2 rings (SSSR count). The van der Waals surface area contributed by atoms with Gasteiger partial charge in [0, 0.05) is 18.4 Å². The van der Waals surface area contributed by atoms with Gasteiger partial charge in [-0.05, 0) is 17.7 Å². The van der Waals surface area contributed by atoms with Crippen molar-refractivity contribution in [3.05, 3.63) is 23.3 Å². The Balaban J connectivity index is 2.56. The summed E-state index contributed by atoms with van der Waals surface area (Å²) in [7, 11) is -5.84. The van der Waals surface area contributed by atoms with Gasteiger partial charge in [0.05, 0.1) is 4.90 Å². The molecule has 0 aromatic heterocycles. The normalized spacial score (nSPS) is 17.4. The molecule has 1 aliphatic rings. The molecule has 0 heterocycles. The van der Waals surface area contributed by atoms with Crippen LogP contribution in [0.15, 0.2) is 17.0 Å². The first-order valence-electron chi connectivity index (χ1n) is 6.10. The summed E-state index contributed by atoms with van der Waals surface area (Å²) in [6.07, 6.45) is -5.24. The van der Waals surface area contributed by atoms with E-state index in [0.29, 0.717) is 12.1 Å². The van der Waals surface area contributed by atoms with Gasteiger partial charge in [0.1, 0.15) is 12.4 Å². The van der Waals surface area contributed by atoms with Crippen molar-refractivity contribution < 1.29 is 43.9 Å². The molecule has 0 spiro atoms. The summed E-state index contributed by atoms with van der Waals surface area (Å²) in [5.41, 5.74) is -6.91. The second kappa shape index (κ2) is 5.53. The Morgan fingerprint density at radius 1 is 1.13 bits per heavy atom. The van der Waals surface area contributed by atoms with E-state index in [0.717, 1.165) is 0 Å². The average Bonchev–Trinajstić information content (AvgIpc) is 2.68. The minimum atomic E-state index is -5.84. The maximum Gasteiger partial charge on any atom is 0.501 e. The van der Waals surface area contributed by atoms with E-state index in [1.807, 2.05) is 0 Å². The molecule has 11 heteroatoms. The third-order valence-electron chi connectivity index (χ3n) is 3.18. The van der Waals surface area contributed by atoms with Crippen molar-refractivity contribution in [3.63, 3.8) is 0 Å². The fraction of sp³-hybridized carbons (Fsp3) is 0.500. The van der Waals surface area contributed by atoms with Gasteiger partial charge in [-0.2, -0.15) is 13.2 Å². The minimum Gasteiger partial charge on any atom is -0.487 e. The van der Waals surface area contributed by atoms with Crippen molar-refractivity contribution in [1.82, 2.24) is 0 Å². The van der Waals surface area contributed by atoms with Crippen LogP contribution in [0.3, 0.4) is 0 Å². The van der Waals surface area contributed by atoms with E-state index in [2.05, 4.69) is 4.74 Å². The molecule has 0 atom stereocenters. The lowest BCUT2D eigenvalue weighted by atomic mass is 10.1. The number of ether oxygens (including phenoxy) is 1. The third kappa shape index (κ3) is 3.38. The average molecular weight is 366 g/mol. The number of alkyl halides is 7. The Morgan fingerprint density at radius 2 is 1.70 bits per heavy atom. The van der Waals surface area contributed by atoms with E-state index >= 15 is 0 Å². The maximum atomic E-state index is 13.5. The first kappa shape index (κ1) is 17.8. The molecular weight excluding hydrogens is 357 g/mol. The third-order valence-corrected chi connectivity index (χ3v) is 4.75. The van der Waals surface area contributed by atoms with Crippen LogP contribution >= 0.6 is 0 Å². The van der Waals surface area contributed by atoms with Gasteiger partial charge in [-0.1, -0.05) is 0 Å². The van der Waals surface area contributed by atoms with E-state index < -0.39 is 68.9 Å². The lowest BCUT2D eigenvalue weighted by molar-refractivity contribution is -0.0437. The molecule has 0 saturated carbocycles. The fourth-order valence-electron chi connectivity index (χ4n) is 2.28. The highest BCUT2D eigenvalue weighted by atomic mass is 32.2. The quantitative estimate of drug-likeness (QED) is 0.768. The second-order valence-corrected chi connectivity index (χ2v) is 6.79. The first-order chi connectivity index (χ1) is 10.3. The van der Waals surface area contributed by atoms with Crippen LogP contribution in [-0.4, -0.2) is 32.9 Å². The Morgan fingerprint density at radius 3 is 2.22 bits per heavy atom. The predicted molar refractivity (Wildman–Crippen MR) is 63.5 cm³/mol. The summed E-state index contributed by atoms with van der Waals surface area (Å²) in [5, 5.41) is 0. The summed E-state index contributed by atoms with van der Waals surface area (Å²) in [6.45, 7) is -1.15. The molecule has 0 fully saturated rings. The molecule has 0 N–H and O–H groups in total. The van der Waals surface area contributed by atoms with Crippen LogP contribution in [0.25, 0.3) is 0 Å². The summed E-state index contributed by atoms with van der Waals surface area (Å²) in [6, 6.07) is 1.13. The smallest absolute Gasteiger partial charge is 0.487 e. The summed E-state index contributed by atoms with van der Waals surface area (Å²) in [5.74, 6) is -3.96. The lowest BCUT2D eigenvalue weighted by Gasteiger charge is -2.15. The molecular formula is C12H9F7O3S. The van der Waals surface area contributed by atoms with Crippen LogP contribution in [0.5, 0.6) is 5.75 Å². The van der Waals surface area contributed by atoms with E-state index in [1.54, 1.807) is 0 Å². The zero-order valence-electron chi connectivity index (χ0n) is 11.1. The van der Waals surface area contributed by atoms with Gasteiger partial charge in [0.15, 0.2) is 0 Å². The summed E-state index contributed by atoms with van der Waals surface area (Å²) < 4.78 is 117. The molecule has 0 amide bonds. The van der Waals surface area contributed by atoms with Gasteiger partial charge in [-0.3, -0.25) is 0 Å². The first-order valence-corrected chi connectivity index (χ1v) is 7.58. The molecule has 0 saturated heterocycles. The van der Waals surface area contributed by atoms with Crippen LogP contribution in [-0.2, 0) is 22.7 Å². The molecule has 0 bridgehead atoms. The Kier molecular flexibility index (Phi) is 4.29. The van der Waals surface area contributed by atoms with Gasteiger partial charge in [-0.25, -0.2) is 26.0 Å². The molecule has 1 aliphatic carbocycles. The number of halogens is 7. The van der Waals surface area contributed by atoms with Crippen molar-refractivity contribution in [2.75, 3.05) is 6.61 Å². The largest absolute Gasteiger partial charge is 0.501 e. The monoisotopic (exact) mass is 366 g/mol. The van der Waals surface area contributed by atoms with Crippen LogP contribution in [0.2, 0.25) is 0 Å². The van der Waals surface area contributed by atoms with Crippen molar-refractivity contribution in [3.8, 4) is 5.75 Å². The fourth-order valence-corrected chi connectivity index (χ4v) is 3.30. The number of hydrogen-bond donors (Lipinski definition) is 0. The van der Waals surface area contributed by atoms with E-state index in [-0.39, 0.29) is 0 Å². The van der Waals surface area contributed by atoms with Crippen molar-refractivity contribution in [1.29, 1.82) is 0 Å². The second-order valence-electron chi connectivity index (χ2n) is 4.88. The molecule has 0 aliphatic heterocycles. The predicted octanol–water partition coefficient (Wildman–Crippen LogP) is 3.36. The Bertz CT molecular complexity index is 710. The molecule has 1 aromatic carbocycles. The summed E-state index contributed by atoms with van der Waals surface area (Å²) >= 11 is 0. The number of benzene rings is 1. The van der Waals surface area contributed by atoms with Crippen LogP contribution in [0.1, 0.15) is 11.1 Å². The highest BCUT2D eigenvalue weighted by molar-refractivity contribution is 7.92. The van der Waals surface area contributed by atoms with Gasteiger partial charge >= 0.3 is 5.51 Å². The number of hydrogen-bond acceptors (Lipinski definition) is 3. The van der Waals surface area contributed by atoms with Crippen molar-refractivity contribution in [2.24, 2.45) is 0 Å². The standard InChI is InChI=1S/C12H9F7O3S/c13-10(14)5-22-8-1-2-9(23(20,21)12(17,18)19)7-4-11(15,16)3-6(7)8/h1-2,10H,3-5H2. The van der Waals surface area contributed by atoms with Crippen LogP contribution in [0, 0.1) is 0 Å². The van der Waals surface area contributed by atoms with E-state index in [1.165, 1.54) is 0 Å². The number of sulfone groups is 1. The highest BCUT2D eigenvalue weighted by Crippen LogP contribution is 2.44. The molecule has 0 unspecified atom stereocenters. The molecule has 3 nitrogen and oxygen atoms in total. The molecule has 1 aromatic rings. The Labute approximate surface area is 126 Å². The van der Waals surface area contributed by atoms with E-state index in [9.17, 15) is 39.2 Å². The highest BCUT2D eigenvalue weighted by Gasteiger charge is 2.51. The SMILES string of the molecule is O=S(=O)(c1ccc(OCC(F)F)c2c1CC(F)(F)C2)C(F)(F)F. The number of rotatable bonds is 4. The molecule has 130 valence electrons. The van der Waals surface area contributed by atoms with Crippen molar-refractivity contribution in [2.45, 2.75) is 35.6 Å². The van der Waals surface area contributed by atoms with Gasteiger partial charge in [0.25, 0.3) is 22.2 Å². The summed E-state index contributed by atoms with van der Waals surface area (Å²) in [4.78, 5) is -1.30. The van der Waals surface area contributed by atoms with Gasteiger partial charge in [0.2, 0.25) is 0 Å². The number of fused-ring (bicyclic) bond motifs is 1. The zero-order valence-corrected chi connectivity index (χ0v) is 11.9. The topological polar surface area (TPSA) is 43.4 Å². The van der Waals surface area contributed by atoms with Gasteiger partial charge in [-0.15, -0.1) is 0 Å². The molecule has 23 heavy (non-hydrogen) atoms. The van der Waals surface area contributed by atoms with E-state index in [4.69, 9.17) is 0 Å². The Hall–Kier alpha value is -1.52. The molecule has 0 radical (unpaired) electrons.